The van der Waals surface area contributed by atoms with E-state index in [9.17, 15) is 68.3 Å². The monoisotopic (exact) mass is 818 g/mol. The number of carbonyl (C=O) groups is 6. The van der Waals surface area contributed by atoms with Crippen molar-refractivity contribution in [3.05, 3.63) is 67.2 Å². The van der Waals surface area contributed by atoms with Gasteiger partial charge in [-0.2, -0.15) is 39.5 Å². The minimum absolute atomic E-state index is 0. The number of thiophene rings is 3. The topological polar surface area (TPSA) is 102 Å². The molecule has 3 heterocycles. The molecular formula is C24H15F9O6S3Sm. The van der Waals surface area contributed by atoms with Crippen molar-refractivity contribution < 1.29 is 109 Å². The van der Waals surface area contributed by atoms with Crippen LogP contribution in [0.2, 0.25) is 0 Å². The van der Waals surface area contributed by atoms with Gasteiger partial charge in [0.15, 0.2) is 17.3 Å². The molecule has 3 aromatic rings. The molecule has 0 atom stereocenters. The maximum absolute atomic E-state index is 11.8. The molecule has 0 N–H and O–H groups in total. The number of ketones is 6. The summed E-state index contributed by atoms with van der Waals surface area (Å²) in [7, 11) is 0. The first-order valence-corrected chi connectivity index (χ1v) is 13.4. The number of Topliss-reactive ketones (excluding diaryl/α,β-unsaturated/α-hetero) is 6. The van der Waals surface area contributed by atoms with Gasteiger partial charge in [-0.15, -0.1) is 34.0 Å². The standard InChI is InChI=1S/3C8H5F3O2S.Sm/c3*9-8(10,11)7(13)4-5(12)6-2-1-3-14-6;/h3*1-3H,4H2;. The van der Waals surface area contributed by atoms with Crippen LogP contribution in [0, 0.1) is 40.4 Å². The Morgan fingerprint density at radius 1 is 0.465 bits per heavy atom. The molecule has 234 valence electrons. The molecule has 3 rings (SSSR count). The van der Waals surface area contributed by atoms with Crippen LogP contribution in [-0.4, -0.2) is 53.2 Å². The Bertz CT molecular complexity index is 1190. The Kier molecular flexibility index (Phi) is 17.0. The maximum Gasteiger partial charge on any atom is 0.450 e. The van der Waals surface area contributed by atoms with Gasteiger partial charge in [0.25, 0.3) is 0 Å². The SMILES string of the molecule is O=C(CC(=O)C(F)(F)F)c1cccs1.O=C(CC(=O)C(F)(F)F)c1cccs1.O=C(CC(=O)C(F)(F)F)c1cccs1.[Sm]. The first-order chi connectivity index (χ1) is 19.2. The maximum atomic E-state index is 11.8. The van der Waals surface area contributed by atoms with Crippen molar-refractivity contribution in [1.82, 2.24) is 0 Å². The Morgan fingerprint density at radius 3 is 0.814 bits per heavy atom. The van der Waals surface area contributed by atoms with Gasteiger partial charge >= 0.3 is 18.5 Å². The van der Waals surface area contributed by atoms with Gasteiger partial charge in [0, 0.05) is 40.4 Å². The van der Waals surface area contributed by atoms with Gasteiger partial charge in [-0.3, -0.25) is 28.8 Å². The van der Waals surface area contributed by atoms with Crippen LogP contribution in [0.5, 0.6) is 0 Å². The van der Waals surface area contributed by atoms with E-state index < -0.39 is 72.5 Å². The summed E-state index contributed by atoms with van der Waals surface area (Å²) in [5.41, 5.74) is 0. The first kappa shape index (κ1) is 40.8. The van der Waals surface area contributed by atoms with Crippen molar-refractivity contribution in [1.29, 1.82) is 0 Å². The summed E-state index contributed by atoms with van der Waals surface area (Å²) in [5.74, 6) is -8.38. The van der Waals surface area contributed by atoms with Crippen molar-refractivity contribution in [2.24, 2.45) is 0 Å². The second-order valence-electron chi connectivity index (χ2n) is 7.49. The van der Waals surface area contributed by atoms with Gasteiger partial charge < -0.3 is 0 Å². The zero-order valence-electron chi connectivity index (χ0n) is 20.8. The normalized spacial score (nSPS) is 11.1. The summed E-state index contributed by atoms with van der Waals surface area (Å²) in [4.78, 5) is 65.0. The molecule has 0 spiro atoms. The smallest absolute Gasteiger partial charge is 0.293 e. The van der Waals surface area contributed by atoms with Gasteiger partial charge in [-0.25, -0.2) is 0 Å². The quantitative estimate of drug-likeness (QED) is 0.127. The van der Waals surface area contributed by atoms with E-state index in [1.165, 1.54) is 36.4 Å². The van der Waals surface area contributed by atoms with E-state index >= 15 is 0 Å². The van der Waals surface area contributed by atoms with E-state index in [-0.39, 0.29) is 55.0 Å². The second-order valence-corrected chi connectivity index (χ2v) is 10.3. The van der Waals surface area contributed by atoms with E-state index in [2.05, 4.69) is 0 Å². The third kappa shape index (κ3) is 15.4. The average Bonchev–Trinajstić information content (AvgIpc) is 3.66. The van der Waals surface area contributed by atoms with Crippen LogP contribution in [0.25, 0.3) is 0 Å². The zero-order chi connectivity index (χ0) is 32.3. The fourth-order valence-corrected chi connectivity index (χ4v) is 4.30. The summed E-state index contributed by atoms with van der Waals surface area (Å²) in [6.07, 6.45) is -18.1. The van der Waals surface area contributed by atoms with E-state index in [1.807, 2.05) is 0 Å². The van der Waals surface area contributed by atoms with E-state index in [0.717, 1.165) is 34.0 Å². The Hall–Kier alpha value is -2.17. The molecule has 0 aromatic carbocycles. The van der Waals surface area contributed by atoms with Crippen LogP contribution < -0.4 is 0 Å². The molecule has 6 nitrogen and oxygen atoms in total. The van der Waals surface area contributed by atoms with Crippen molar-refractivity contribution >= 4 is 68.7 Å². The third-order valence-electron chi connectivity index (χ3n) is 4.30. The number of alkyl halides is 9. The van der Waals surface area contributed by atoms with Gasteiger partial charge in [0.05, 0.1) is 33.9 Å². The zero-order valence-corrected chi connectivity index (χ0v) is 25.9. The number of rotatable bonds is 9. The molecule has 0 unspecified atom stereocenters. The van der Waals surface area contributed by atoms with Gasteiger partial charge in [0.1, 0.15) is 0 Å². The predicted molar refractivity (Wildman–Crippen MR) is 133 cm³/mol. The molecule has 0 amide bonds. The minimum Gasteiger partial charge on any atom is -0.293 e. The van der Waals surface area contributed by atoms with E-state index in [4.69, 9.17) is 0 Å². The fraction of sp³-hybridized carbons (Fsp3) is 0.250. The molecule has 0 bridgehead atoms. The Labute approximate surface area is 280 Å². The number of carbonyl (C=O) groups excluding carboxylic acids is 6. The summed E-state index contributed by atoms with van der Waals surface area (Å²) in [6.45, 7) is 0. The Morgan fingerprint density at radius 2 is 0.674 bits per heavy atom. The van der Waals surface area contributed by atoms with Gasteiger partial charge in [-0.05, 0) is 34.3 Å². The van der Waals surface area contributed by atoms with Crippen LogP contribution in [0.3, 0.4) is 0 Å². The molecule has 0 saturated heterocycles. The second kappa shape index (κ2) is 18.0. The van der Waals surface area contributed by atoms with Crippen molar-refractivity contribution in [3.8, 4) is 0 Å². The molecule has 0 aliphatic rings. The molecule has 0 radical (unpaired) electrons. The van der Waals surface area contributed by atoms with Crippen molar-refractivity contribution in [2.45, 2.75) is 37.8 Å². The molecule has 3 aromatic heterocycles. The van der Waals surface area contributed by atoms with Crippen LogP contribution >= 0.6 is 34.0 Å². The first-order valence-electron chi connectivity index (χ1n) is 10.7. The number of hydrogen-bond donors (Lipinski definition) is 0. The van der Waals surface area contributed by atoms with Crippen LogP contribution in [-0.2, 0) is 14.4 Å². The summed E-state index contributed by atoms with van der Waals surface area (Å²) in [5, 5.41) is 4.68. The Balaban J connectivity index is 0.000000608. The third-order valence-corrected chi connectivity index (χ3v) is 7.03. The molecule has 19 heteroatoms. The summed E-state index contributed by atoms with van der Waals surface area (Å²) < 4.78 is 106. The molecular weight excluding hydrogens is 802 g/mol. The summed E-state index contributed by atoms with van der Waals surface area (Å²) >= 11 is 3.04. The molecule has 0 fully saturated rings. The number of hydrogen-bond acceptors (Lipinski definition) is 9. The van der Waals surface area contributed by atoms with Gasteiger partial charge in [0.2, 0.25) is 17.3 Å². The largest absolute Gasteiger partial charge is 0.450 e. The van der Waals surface area contributed by atoms with Crippen LogP contribution in [0.15, 0.2) is 52.5 Å². The van der Waals surface area contributed by atoms with Crippen molar-refractivity contribution in [3.63, 3.8) is 0 Å². The molecule has 0 aliphatic heterocycles. The van der Waals surface area contributed by atoms with E-state index in [1.54, 1.807) is 16.1 Å². The van der Waals surface area contributed by atoms with Gasteiger partial charge in [-0.1, -0.05) is 18.2 Å². The fourth-order valence-electron chi connectivity index (χ4n) is 2.31. The van der Waals surface area contributed by atoms with Crippen LogP contribution in [0.1, 0.15) is 48.3 Å². The molecule has 43 heavy (non-hydrogen) atoms. The van der Waals surface area contributed by atoms with E-state index in [0.29, 0.717) is 0 Å². The molecule has 0 aliphatic carbocycles. The van der Waals surface area contributed by atoms with Crippen LogP contribution in [0.4, 0.5) is 39.5 Å². The van der Waals surface area contributed by atoms with Crippen molar-refractivity contribution in [2.75, 3.05) is 0 Å². The summed E-state index contributed by atoms with van der Waals surface area (Å²) in [6, 6.07) is 8.77. The number of halogens is 9. The predicted octanol–water partition coefficient (Wildman–Crippen LogP) is 7.36. The molecule has 0 saturated carbocycles. The average molecular weight is 817 g/mol. The minimum atomic E-state index is -4.92.